The largest absolute Gasteiger partial charge is 0.493 e. The molecule has 0 unspecified atom stereocenters. The van der Waals surface area contributed by atoms with Gasteiger partial charge in [0.25, 0.3) is 5.91 Å². The average Bonchev–Trinajstić information content (AvgIpc) is 2.63. The molecule has 0 atom stereocenters. The molecule has 25 heavy (non-hydrogen) atoms. The number of ether oxygens (including phenoxy) is 4. The quantitative estimate of drug-likeness (QED) is 0.793. The van der Waals surface area contributed by atoms with Crippen molar-refractivity contribution >= 4 is 5.91 Å². The Morgan fingerprint density at radius 1 is 1.04 bits per heavy atom. The number of nitrogens with one attached hydrogen (secondary N) is 1. The van der Waals surface area contributed by atoms with Crippen LogP contribution < -0.4 is 24.3 Å². The molecular formula is C18H20FNO5. The van der Waals surface area contributed by atoms with Crippen LogP contribution in [0.1, 0.15) is 5.56 Å². The van der Waals surface area contributed by atoms with Crippen molar-refractivity contribution in [2.45, 2.75) is 6.54 Å². The highest BCUT2D eigenvalue weighted by atomic mass is 19.1. The van der Waals surface area contributed by atoms with Crippen LogP contribution in [0.15, 0.2) is 36.4 Å². The Balaban J connectivity index is 1.95. The number of hydrogen-bond acceptors (Lipinski definition) is 5. The van der Waals surface area contributed by atoms with Crippen LogP contribution in [0.25, 0.3) is 0 Å². The first-order chi connectivity index (χ1) is 12.1. The van der Waals surface area contributed by atoms with Gasteiger partial charge in [0.05, 0.1) is 21.3 Å². The zero-order valence-electron chi connectivity index (χ0n) is 14.3. The summed E-state index contributed by atoms with van der Waals surface area (Å²) in [7, 11) is 4.56. The fourth-order valence-electron chi connectivity index (χ4n) is 2.19. The van der Waals surface area contributed by atoms with Crippen LogP contribution in [0, 0.1) is 5.82 Å². The van der Waals surface area contributed by atoms with E-state index >= 15 is 0 Å². The number of halogens is 1. The van der Waals surface area contributed by atoms with Crippen molar-refractivity contribution in [1.29, 1.82) is 0 Å². The van der Waals surface area contributed by atoms with Gasteiger partial charge in [-0.25, -0.2) is 4.39 Å². The molecule has 0 bridgehead atoms. The Kier molecular flexibility index (Phi) is 6.45. The van der Waals surface area contributed by atoms with E-state index in [1.165, 1.54) is 39.5 Å². The van der Waals surface area contributed by atoms with Gasteiger partial charge in [-0.1, -0.05) is 6.07 Å². The van der Waals surface area contributed by atoms with Gasteiger partial charge >= 0.3 is 0 Å². The Hall–Kier alpha value is -2.96. The second-order valence-corrected chi connectivity index (χ2v) is 5.06. The second-order valence-electron chi connectivity index (χ2n) is 5.06. The van der Waals surface area contributed by atoms with E-state index in [0.29, 0.717) is 23.0 Å². The minimum absolute atomic E-state index is 0.214. The zero-order chi connectivity index (χ0) is 18.2. The molecule has 0 fully saturated rings. The molecule has 134 valence electrons. The van der Waals surface area contributed by atoms with Crippen LogP contribution >= 0.6 is 0 Å². The smallest absolute Gasteiger partial charge is 0.258 e. The maximum absolute atomic E-state index is 13.1. The number of benzene rings is 2. The van der Waals surface area contributed by atoms with E-state index in [-0.39, 0.29) is 19.1 Å². The molecule has 0 saturated heterocycles. The van der Waals surface area contributed by atoms with E-state index in [2.05, 4.69) is 5.32 Å². The lowest BCUT2D eigenvalue weighted by molar-refractivity contribution is -0.123. The number of carbonyl (C=O) groups excluding carboxylic acids is 1. The summed E-state index contributed by atoms with van der Waals surface area (Å²) in [4.78, 5) is 11.9. The SMILES string of the molecule is COc1cc(CNC(=O)COc2cccc(F)c2)cc(OC)c1OC. The summed E-state index contributed by atoms with van der Waals surface area (Å²) in [5.74, 6) is 1.02. The monoisotopic (exact) mass is 349 g/mol. The highest BCUT2D eigenvalue weighted by molar-refractivity contribution is 5.77. The van der Waals surface area contributed by atoms with Gasteiger partial charge in [0.15, 0.2) is 18.1 Å². The first-order valence-corrected chi connectivity index (χ1v) is 7.51. The van der Waals surface area contributed by atoms with Crippen LogP contribution in [0.3, 0.4) is 0 Å². The predicted octanol–water partition coefficient (Wildman–Crippen LogP) is 2.55. The van der Waals surface area contributed by atoms with Crippen molar-refractivity contribution in [2.75, 3.05) is 27.9 Å². The number of hydrogen-bond donors (Lipinski definition) is 1. The lowest BCUT2D eigenvalue weighted by Gasteiger charge is -2.14. The lowest BCUT2D eigenvalue weighted by Crippen LogP contribution is -2.28. The van der Waals surface area contributed by atoms with E-state index in [1.807, 2.05) is 0 Å². The minimum Gasteiger partial charge on any atom is -0.493 e. The molecule has 2 aromatic rings. The van der Waals surface area contributed by atoms with E-state index in [0.717, 1.165) is 5.56 Å². The van der Waals surface area contributed by atoms with Gasteiger partial charge in [-0.15, -0.1) is 0 Å². The fourth-order valence-corrected chi connectivity index (χ4v) is 2.19. The average molecular weight is 349 g/mol. The number of methoxy groups -OCH3 is 3. The molecule has 7 heteroatoms. The molecule has 0 aromatic heterocycles. The predicted molar refractivity (Wildman–Crippen MR) is 89.8 cm³/mol. The highest BCUT2D eigenvalue weighted by Gasteiger charge is 2.13. The molecule has 0 aliphatic rings. The Labute approximate surface area is 145 Å². The Bertz CT molecular complexity index is 710. The lowest BCUT2D eigenvalue weighted by atomic mass is 10.1. The first-order valence-electron chi connectivity index (χ1n) is 7.51. The summed E-state index contributed by atoms with van der Waals surface area (Å²) in [6, 6.07) is 9.10. The van der Waals surface area contributed by atoms with Gasteiger partial charge in [0, 0.05) is 12.6 Å². The normalized spacial score (nSPS) is 10.1. The molecular weight excluding hydrogens is 329 g/mol. The standard InChI is InChI=1S/C18H20FNO5/c1-22-15-7-12(8-16(23-2)18(15)24-3)10-20-17(21)11-25-14-6-4-5-13(19)9-14/h4-9H,10-11H2,1-3H3,(H,20,21). The molecule has 1 N–H and O–H groups in total. The third-order valence-electron chi connectivity index (χ3n) is 3.38. The Morgan fingerprint density at radius 2 is 1.72 bits per heavy atom. The Morgan fingerprint density at radius 3 is 2.28 bits per heavy atom. The summed E-state index contributed by atoms with van der Waals surface area (Å²) in [5.41, 5.74) is 0.772. The maximum Gasteiger partial charge on any atom is 0.258 e. The number of carbonyl (C=O) groups is 1. The van der Waals surface area contributed by atoms with Crippen molar-refractivity contribution in [1.82, 2.24) is 5.32 Å². The summed E-state index contributed by atoms with van der Waals surface area (Å²) in [6.45, 7) is 0.0376. The molecule has 6 nitrogen and oxygen atoms in total. The van der Waals surface area contributed by atoms with Crippen LogP contribution in [-0.4, -0.2) is 33.8 Å². The van der Waals surface area contributed by atoms with Gasteiger partial charge in [-0.3, -0.25) is 4.79 Å². The molecule has 2 aromatic carbocycles. The molecule has 0 saturated carbocycles. The van der Waals surface area contributed by atoms with Crippen LogP contribution in [0.2, 0.25) is 0 Å². The third-order valence-corrected chi connectivity index (χ3v) is 3.38. The maximum atomic E-state index is 13.1. The van der Waals surface area contributed by atoms with Gasteiger partial charge in [-0.05, 0) is 29.8 Å². The molecule has 0 heterocycles. The van der Waals surface area contributed by atoms with Gasteiger partial charge < -0.3 is 24.3 Å². The van der Waals surface area contributed by atoms with Gasteiger partial charge in [-0.2, -0.15) is 0 Å². The molecule has 2 rings (SSSR count). The van der Waals surface area contributed by atoms with E-state index in [1.54, 1.807) is 18.2 Å². The molecule has 0 aliphatic heterocycles. The minimum atomic E-state index is -0.421. The molecule has 0 spiro atoms. The van der Waals surface area contributed by atoms with Crippen molar-refractivity contribution in [3.05, 3.63) is 47.8 Å². The first kappa shape index (κ1) is 18.4. The number of amides is 1. The van der Waals surface area contributed by atoms with Crippen molar-refractivity contribution < 1.29 is 28.1 Å². The van der Waals surface area contributed by atoms with E-state index in [9.17, 15) is 9.18 Å². The van der Waals surface area contributed by atoms with Crippen LogP contribution in [0.5, 0.6) is 23.0 Å². The zero-order valence-corrected chi connectivity index (χ0v) is 14.3. The summed E-state index contributed by atoms with van der Waals surface area (Å²) < 4.78 is 34.1. The van der Waals surface area contributed by atoms with E-state index in [4.69, 9.17) is 18.9 Å². The fraction of sp³-hybridized carbons (Fsp3) is 0.278. The van der Waals surface area contributed by atoms with Crippen molar-refractivity contribution in [2.24, 2.45) is 0 Å². The molecule has 0 radical (unpaired) electrons. The summed E-state index contributed by atoms with van der Waals surface area (Å²) >= 11 is 0. The summed E-state index contributed by atoms with van der Waals surface area (Å²) in [5, 5.41) is 2.71. The second kappa shape index (κ2) is 8.77. The van der Waals surface area contributed by atoms with Crippen molar-refractivity contribution in [3.63, 3.8) is 0 Å². The number of rotatable bonds is 8. The molecule has 0 aliphatic carbocycles. The van der Waals surface area contributed by atoms with Gasteiger partial charge in [0.2, 0.25) is 5.75 Å². The van der Waals surface area contributed by atoms with Crippen LogP contribution in [-0.2, 0) is 11.3 Å². The highest BCUT2D eigenvalue weighted by Crippen LogP contribution is 2.38. The molecule has 1 amide bonds. The van der Waals surface area contributed by atoms with Crippen molar-refractivity contribution in [3.8, 4) is 23.0 Å². The summed E-state index contributed by atoms with van der Waals surface area (Å²) in [6.07, 6.45) is 0. The third kappa shape index (κ3) is 5.00. The topological polar surface area (TPSA) is 66.0 Å². The van der Waals surface area contributed by atoms with E-state index < -0.39 is 5.82 Å². The van der Waals surface area contributed by atoms with Crippen LogP contribution in [0.4, 0.5) is 4.39 Å². The van der Waals surface area contributed by atoms with Gasteiger partial charge in [0.1, 0.15) is 11.6 Å².